The summed E-state index contributed by atoms with van der Waals surface area (Å²) in [6, 6.07) is 12.4. The summed E-state index contributed by atoms with van der Waals surface area (Å²) in [5.74, 6) is 0.117. The number of fused-ring (bicyclic) bond motifs is 1. The number of methoxy groups -OCH3 is 1. The van der Waals surface area contributed by atoms with Gasteiger partial charge in [0.2, 0.25) is 0 Å². The molecule has 1 aliphatic rings. The lowest BCUT2D eigenvalue weighted by molar-refractivity contribution is -0.118. The largest absolute Gasteiger partial charge is 0.497 e. The summed E-state index contributed by atoms with van der Waals surface area (Å²) >= 11 is 7.66. The molecule has 1 atom stereocenters. The summed E-state index contributed by atoms with van der Waals surface area (Å²) in [6.45, 7) is 4.32. The number of nitrogens with zero attached hydrogens (tertiary/aromatic N) is 1. The number of halogens is 1. The van der Waals surface area contributed by atoms with Crippen LogP contribution in [0.15, 0.2) is 60.6 Å². The molecule has 1 saturated heterocycles. The van der Waals surface area contributed by atoms with Crippen LogP contribution >= 0.6 is 30.5 Å². The molecule has 9 heteroatoms. The Labute approximate surface area is 189 Å². The number of hydrogen-bond acceptors (Lipinski definition) is 6. The van der Waals surface area contributed by atoms with E-state index in [0.29, 0.717) is 28.4 Å². The second-order valence-electron chi connectivity index (χ2n) is 6.89. The van der Waals surface area contributed by atoms with Crippen molar-refractivity contribution in [3.8, 4) is 5.75 Å². The van der Waals surface area contributed by atoms with Gasteiger partial charge in [-0.05, 0) is 53.1 Å². The minimum Gasteiger partial charge on any atom is -0.497 e. The van der Waals surface area contributed by atoms with E-state index in [0.717, 1.165) is 10.1 Å². The van der Waals surface area contributed by atoms with Gasteiger partial charge in [-0.1, -0.05) is 24.2 Å². The van der Waals surface area contributed by atoms with Crippen molar-refractivity contribution in [3.05, 3.63) is 71.2 Å². The molecule has 31 heavy (non-hydrogen) atoms. The van der Waals surface area contributed by atoms with Crippen molar-refractivity contribution in [1.82, 2.24) is 0 Å². The molecule has 0 saturated carbocycles. The van der Waals surface area contributed by atoms with Gasteiger partial charge in [-0.3, -0.25) is 14.3 Å². The zero-order valence-corrected chi connectivity index (χ0v) is 19.3. The van der Waals surface area contributed by atoms with Crippen molar-refractivity contribution in [2.24, 2.45) is 0 Å². The smallest absolute Gasteiger partial charge is 0.347 e. The first kappa shape index (κ1) is 22.1. The second-order valence-corrected chi connectivity index (χ2v) is 10.3. The summed E-state index contributed by atoms with van der Waals surface area (Å²) < 4.78 is 31.3. The summed E-state index contributed by atoms with van der Waals surface area (Å²) in [7, 11) is -2.25. The first-order valence-corrected chi connectivity index (χ1v) is 12.5. The molecule has 0 N–H and O–H groups in total. The van der Waals surface area contributed by atoms with Gasteiger partial charge in [0.05, 0.1) is 26.0 Å². The number of rotatable bonds is 6. The number of carbonyl (C=O) groups is 1. The Balaban J connectivity index is 1.85. The molecule has 0 radical (unpaired) electrons. The molecule has 2 aromatic carbocycles. The third-order valence-corrected chi connectivity index (χ3v) is 8.43. The van der Waals surface area contributed by atoms with Gasteiger partial charge in [-0.2, -0.15) is 0 Å². The van der Waals surface area contributed by atoms with Gasteiger partial charge in [0.15, 0.2) is 5.66 Å². The third-order valence-electron chi connectivity index (χ3n) is 4.99. The van der Waals surface area contributed by atoms with Crippen LogP contribution in [-0.2, 0) is 18.4 Å². The van der Waals surface area contributed by atoms with E-state index in [1.54, 1.807) is 43.5 Å². The Kier molecular flexibility index (Phi) is 6.51. The first-order valence-electron chi connectivity index (χ1n) is 9.62. The highest BCUT2D eigenvalue weighted by molar-refractivity contribution is 7.55. The fourth-order valence-corrected chi connectivity index (χ4v) is 6.84. The molecule has 1 aliphatic heterocycles. The van der Waals surface area contributed by atoms with Crippen molar-refractivity contribution >= 4 is 52.2 Å². The lowest BCUT2D eigenvalue weighted by atomic mass is 10.1. The second kappa shape index (κ2) is 9.15. The van der Waals surface area contributed by atoms with Gasteiger partial charge in [-0.25, -0.2) is 0 Å². The zero-order valence-electron chi connectivity index (χ0n) is 16.8. The quantitative estimate of drug-likeness (QED) is 0.384. The molecule has 3 aromatic rings. The molecule has 1 fully saturated rings. The van der Waals surface area contributed by atoms with E-state index in [2.05, 4.69) is 6.58 Å². The Morgan fingerprint density at radius 1 is 1.29 bits per heavy atom. The lowest BCUT2D eigenvalue weighted by Crippen LogP contribution is -2.32. The van der Waals surface area contributed by atoms with Crippen molar-refractivity contribution in [2.75, 3.05) is 25.2 Å². The highest BCUT2D eigenvalue weighted by atomic mass is 35.5. The van der Waals surface area contributed by atoms with Crippen LogP contribution in [0, 0.1) is 0 Å². The molecule has 1 amide bonds. The van der Waals surface area contributed by atoms with E-state index in [9.17, 15) is 9.36 Å². The molecule has 0 spiro atoms. The van der Waals surface area contributed by atoms with E-state index in [1.807, 2.05) is 11.4 Å². The average Bonchev–Trinajstić information content (AvgIpc) is 3.17. The maximum atomic E-state index is 13.9. The number of carbonyl (C=O) groups excluding carboxylic acids is 1. The van der Waals surface area contributed by atoms with Crippen LogP contribution in [0.25, 0.3) is 10.1 Å². The maximum absolute atomic E-state index is 13.9. The highest BCUT2D eigenvalue weighted by Gasteiger charge is 2.47. The molecule has 0 bridgehead atoms. The van der Waals surface area contributed by atoms with Crippen molar-refractivity contribution < 1.29 is 23.1 Å². The van der Waals surface area contributed by atoms with Crippen LogP contribution in [0.2, 0.25) is 5.02 Å². The molecule has 2 heterocycles. The normalized spacial score (nSPS) is 16.6. The number of benzene rings is 2. The Bertz CT molecular complexity index is 1170. The summed E-state index contributed by atoms with van der Waals surface area (Å²) in [4.78, 5) is 15.2. The third kappa shape index (κ3) is 4.29. The number of thiophene rings is 1. The summed E-state index contributed by atoms with van der Waals surface area (Å²) in [5.41, 5.74) is -0.0674. The monoisotopic (exact) mass is 477 g/mol. The molecule has 4 rings (SSSR count). The number of amides is 1. The fraction of sp³-hybridized carbons (Fsp3) is 0.227. The van der Waals surface area contributed by atoms with Crippen molar-refractivity contribution in [1.29, 1.82) is 0 Å². The zero-order chi connectivity index (χ0) is 22.0. The topological polar surface area (TPSA) is 65.1 Å². The summed E-state index contributed by atoms with van der Waals surface area (Å²) in [6.07, 6.45) is 2.00. The molecule has 0 aliphatic carbocycles. The van der Waals surface area contributed by atoms with Crippen LogP contribution in [0.3, 0.4) is 0 Å². The minimum atomic E-state index is -3.80. The predicted molar refractivity (Wildman–Crippen MR) is 124 cm³/mol. The van der Waals surface area contributed by atoms with Gasteiger partial charge in [0, 0.05) is 22.0 Å². The molecular formula is C22H21ClNO5PS. The highest BCUT2D eigenvalue weighted by Crippen LogP contribution is 2.64. The molecule has 1 unspecified atom stereocenters. The van der Waals surface area contributed by atoms with Crippen LogP contribution in [0.5, 0.6) is 5.75 Å². The Hall–Kier alpha value is -2.15. The van der Waals surface area contributed by atoms with E-state index < -0.39 is 19.2 Å². The van der Waals surface area contributed by atoms with E-state index in [4.69, 9.17) is 25.4 Å². The lowest BCUT2D eigenvalue weighted by Gasteiger charge is -2.32. The molecule has 162 valence electrons. The van der Waals surface area contributed by atoms with Gasteiger partial charge in [0.25, 0.3) is 5.91 Å². The van der Waals surface area contributed by atoms with Gasteiger partial charge < -0.3 is 13.8 Å². The Morgan fingerprint density at radius 3 is 2.77 bits per heavy atom. The fourth-order valence-electron chi connectivity index (χ4n) is 3.51. The molecule has 6 nitrogen and oxygen atoms in total. The maximum Gasteiger partial charge on any atom is 0.347 e. The first-order chi connectivity index (χ1) is 15.0. The predicted octanol–water partition coefficient (Wildman–Crippen LogP) is 6.41. The summed E-state index contributed by atoms with van der Waals surface area (Å²) in [5, 5.41) is 3.09. The molecular weight excluding hydrogens is 457 g/mol. The molecule has 1 aromatic heterocycles. The van der Waals surface area contributed by atoms with E-state index in [1.165, 1.54) is 22.4 Å². The average molecular weight is 478 g/mol. The van der Waals surface area contributed by atoms with Crippen LogP contribution in [-0.4, -0.2) is 26.2 Å². The minimum absolute atomic E-state index is 0.261. The van der Waals surface area contributed by atoms with Gasteiger partial charge >= 0.3 is 7.60 Å². The van der Waals surface area contributed by atoms with Crippen molar-refractivity contribution in [3.63, 3.8) is 0 Å². The number of anilines is 1. The number of hydrogen-bond donors (Lipinski definition) is 0. The van der Waals surface area contributed by atoms with Crippen molar-refractivity contribution in [2.45, 2.75) is 12.1 Å². The Morgan fingerprint density at radius 2 is 2.06 bits per heavy atom. The van der Waals surface area contributed by atoms with Crippen LogP contribution < -0.4 is 9.64 Å². The standard InChI is InChI=1S/C22H21ClNO5PS/c1-3-24(16-6-4-7-17(13-16)27-2)22(25)21(30(26)28-10-5-11-29-30)19-14-31-20-9-8-15(23)12-18(19)20/h3-4,6-9,12-14,21H,1,5,10-11H2,2H3. The number of ether oxygens (including phenoxy) is 1. The SMILES string of the molecule is C=CN(C(=O)C(c1csc2ccc(Cl)cc12)P1(=O)OCCCO1)c1cccc(OC)c1. The van der Waals surface area contributed by atoms with Crippen LogP contribution in [0.4, 0.5) is 5.69 Å². The van der Waals surface area contributed by atoms with Gasteiger partial charge in [0.1, 0.15) is 5.75 Å². The van der Waals surface area contributed by atoms with E-state index >= 15 is 0 Å². The van der Waals surface area contributed by atoms with Crippen LogP contribution in [0.1, 0.15) is 17.6 Å². The van der Waals surface area contributed by atoms with Gasteiger partial charge in [-0.15, -0.1) is 11.3 Å². The van der Waals surface area contributed by atoms with E-state index in [-0.39, 0.29) is 13.2 Å².